The Hall–Kier alpha value is -0.680. The lowest BCUT2D eigenvalue weighted by atomic mass is 9.89. The summed E-state index contributed by atoms with van der Waals surface area (Å²) in [4.78, 5) is 16.6. The monoisotopic (exact) mass is 326 g/mol. The molecule has 1 aliphatic rings. The molecule has 118 valence electrons. The second kappa shape index (κ2) is 6.61. The SMILES string of the molecule is CSc1c(N2CCC(C)C(C)C2)sc(C(=O)C(C)C)c1N. The van der Waals surface area contributed by atoms with E-state index in [9.17, 15) is 4.79 Å². The number of nitrogen functional groups attached to an aromatic ring is 1. The molecule has 1 saturated heterocycles. The smallest absolute Gasteiger partial charge is 0.177 e. The molecule has 0 aromatic carbocycles. The van der Waals surface area contributed by atoms with Crippen LogP contribution in [0.3, 0.4) is 0 Å². The van der Waals surface area contributed by atoms with Gasteiger partial charge in [-0.2, -0.15) is 0 Å². The van der Waals surface area contributed by atoms with Crippen LogP contribution in [0.25, 0.3) is 0 Å². The Morgan fingerprint density at radius 2 is 2.05 bits per heavy atom. The highest BCUT2D eigenvalue weighted by Gasteiger charge is 2.29. The molecule has 21 heavy (non-hydrogen) atoms. The number of hydrogen-bond donors (Lipinski definition) is 1. The second-order valence-electron chi connectivity index (χ2n) is 6.39. The van der Waals surface area contributed by atoms with Gasteiger partial charge in [-0.3, -0.25) is 4.79 Å². The van der Waals surface area contributed by atoms with E-state index in [-0.39, 0.29) is 11.7 Å². The van der Waals surface area contributed by atoms with Gasteiger partial charge in [-0.1, -0.05) is 27.7 Å². The lowest BCUT2D eigenvalue weighted by molar-refractivity contribution is 0.0944. The maximum Gasteiger partial charge on any atom is 0.177 e. The lowest BCUT2D eigenvalue weighted by Gasteiger charge is -2.36. The van der Waals surface area contributed by atoms with Gasteiger partial charge in [0.05, 0.1) is 15.5 Å². The highest BCUT2D eigenvalue weighted by molar-refractivity contribution is 7.99. The summed E-state index contributed by atoms with van der Waals surface area (Å²) >= 11 is 3.25. The van der Waals surface area contributed by atoms with E-state index in [2.05, 4.69) is 18.7 Å². The van der Waals surface area contributed by atoms with Crippen molar-refractivity contribution in [1.82, 2.24) is 0 Å². The van der Waals surface area contributed by atoms with E-state index in [1.54, 1.807) is 23.1 Å². The van der Waals surface area contributed by atoms with Crippen LogP contribution in [0.2, 0.25) is 0 Å². The molecule has 2 atom stereocenters. The largest absolute Gasteiger partial charge is 0.396 e. The predicted octanol–water partition coefficient (Wildman–Crippen LogP) is 4.37. The number of anilines is 2. The fraction of sp³-hybridized carbons (Fsp3) is 0.688. The number of carbonyl (C=O) groups excluding carboxylic acids is 1. The molecule has 1 fully saturated rings. The van der Waals surface area contributed by atoms with Crippen LogP contribution in [0.1, 0.15) is 43.8 Å². The van der Waals surface area contributed by atoms with Crippen LogP contribution in [0.4, 0.5) is 10.7 Å². The summed E-state index contributed by atoms with van der Waals surface area (Å²) in [6.45, 7) is 10.6. The van der Waals surface area contributed by atoms with Crippen LogP contribution in [0, 0.1) is 17.8 Å². The molecule has 0 radical (unpaired) electrons. The molecule has 1 aromatic heterocycles. The standard InChI is InChI=1S/C16H26N2OS2/c1-9(2)13(19)14-12(17)15(20-5)16(21-14)18-7-6-10(3)11(4)8-18/h9-11H,6-8,17H2,1-5H3. The van der Waals surface area contributed by atoms with Crippen molar-refractivity contribution in [2.75, 3.05) is 30.0 Å². The van der Waals surface area contributed by atoms with Crippen molar-refractivity contribution in [1.29, 1.82) is 0 Å². The molecule has 0 aliphatic carbocycles. The number of thioether (sulfide) groups is 1. The van der Waals surface area contributed by atoms with Crippen molar-refractivity contribution >= 4 is 39.6 Å². The molecule has 0 amide bonds. The number of ketones is 1. The Balaban J connectivity index is 2.35. The minimum Gasteiger partial charge on any atom is -0.396 e. The van der Waals surface area contributed by atoms with Gasteiger partial charge in [0.15, 0.2) is 5.78 Å². The third-order valence-electron chi connectivity index (χ3n) is 4.46. The first-order valence-electron chi connectivity index (χ1n) is 7.62. The Bertz CT molecular complexity index is 525. The zero-order valence-electron chi connectivity index (χ0n) is 13.6. The number of carbonyl (C=O) groups is 1. The molecule has 1 aliphatic heterocycles. The molecule has 3 nitrogen and oxygen atoms in total. The zero-order valence-corrected chi connectivity index (χ0v) is 15.2. The van der Waals surface area contributed by atoms with E-state index in [0.29, 0.717) is 11.6 Å². The lowest BCUT2D eigenvalue weighted by Crippen LogP contribution is -2.38. The van der Waals surface area contributed by atoms with Gasteiger partial charge in [0, 0.05) is 19.0 Å². The van der Waals surface area contributed by atoms with E-state index < -0.39 is 0 Å². The number of Topliss-reactive ketones (excluding diaryl/α,β-unsaturated/α-hetero) is 1. The molecule has 0 spiro atoms. The predicted molar refractivity (Wildman–Crippen MR) is 94.8 cm³/mol. The Morgan fingerprint density at radius 1 is 1.38 bits per heavy atom. The Kier molecular flexibility index (Phi) is 5.25. The van der Waals surface area contributed by atoms with Gasteiger partial charge >= 0.3 is 0 Å². The van der Waals surface area contributed by atoms with Crippen LogP contribution in [0.15, 0.2) is 4.90 Å². The van der Waals surface area contributed by atoms with Crippen LogP contribution in [-0.4, -0.2) is 25.1 Å². The zero-order chi connectivity index (χ0) is 15.7. The van der Waals surface area contributed by atoms with Crippen molar-refractivity contribution in [3.8, 4) is 0 Å². The topological polar surface area (TPSA) is 46.3 Å². The van der Waals surface area contributed by atoms with Crippen molar-refractivity contribution in [2.45, 2.75) is 39.0 Å². The molecule has 5 heteroatoms. The average molecular weight is 327 g/mol. The first kappa shape index (κ1) is 16.7. The molecular weight excluding hydrogens is 300 g/mol. The van der Waals surface area contributed by atoms with Gasteiger partial charge in [-0.15, -0.1) is 23.1 Å². The summed E-state index contributed by atoms with van der Waals surface area (Å²) in [6, 6.07) is 0. The van der Waals surface area contributed by atoms with E-state index in [4.69, 9.17) is 5.73 Å². The number of piperidine rings is 1. The molecule has 2 rings (SSSR count). The molecule has 2 N–H and O–H groups in total. The fourth-order valence-electron chi connectivity index (χ4n) is 2.71. The summed E-state index contributed by atoms with van der Waals surface area (Å²) < 4.78 is 0. The van der Waals surface area contributed by atoms with Gasteiger partial charge in [0.2, 0.25) is 0 Å². The maximum atomic E-state index is 12.3. The van der Waals surface area contributed by atoms with E-state index >= 15 is 0 Å². The number of rotatable bonds is 4. The number of nitrogens with zero attached hydrogens (tertiary/aromatic N) is 1. The third kappa shape index (κ3) is 3.24. The van der Waals surface area contributed by atoms with Crippen molar-refractivity contribution in [2.24, 2.45) is 17.8 Å². The van der Waals surface area contributed by atoms with Gasteiger partial charge in [-0.05, 0) is 24.5 Å². The summed E-state index contributed by atoms with van der Waals surface area (Å²) in [5.74, 6) is 1.61. The van der Waals surface area contributed by atoms with Gasteiger partial charge < -0.3 is 10.6 Å². The maximum absolute atomic E-state index is 12.3. The van der Waals surface area contributed by atoms with Crippen LogP contribution in [0.5, 0.6) is 0 Å². The first-order chi connectivity index (χ1) is 9.86. The average Bonchev–Trinajstić information content (AvgIpc) is 2.77. The first-order valence-corrected chi connectivity index (χ1v) is 9.66. The number of thiophene rings is 1. The van der Waals surface area contributed by atoms with Crippen molar-refractivity contribution in [3.63, 3.8) is 0 Å². The Morgan fingerprint density at radius 3 is 2.57 bits per heavy atom. The number of nitrogens with two attached hydrogens (primary N) is 1. The quantitative estimate of drug-likeness (QED) is 0.659. The molecule has 0 bridgehead atoms. The van der Waals surface area contributed by atoms with Crippen molar-refractivity contribution in [3.05, 3.63) is 4.88 Å². The van der Waals surface area contributed by atoms with E-state index in [0.717, 1.165) is 28.8 Å². The van der Waals surface area contributed by atoms with Crippen LogP contribution < -0.4 is 10.6 Å². The summed E-state index contributed by atoms with van der Waals surface area (Å²) in [7, 11) is 0. The van der Waals surface area contributed by atoms with Crippen LogP contribution >= 0.6 is 23.1 Å². The summed E-state index contributed by atoms with van der Waals surface area (Å²) in [5.41, 5.74) is 6.95. The highest BCUT2D eigenvalue weighted by Crippen LogP contribution is 2.45. The molecule has 0 saturated carbocycles. The molecule has 1 aromatic rings. The second-order valence-corrected chi connectivity index (χ2v) is 8.21. The molecule has 2 unspecified atom stereocenters. The summed E-state index contributed by atoms with van der Waals surface area (Å²) in [5, 5.41) is 1.20. The third-order valence-corrected chi connectivity index (χ3v) is 6.69. The highest BCUT2D eigenvalue weighted by atomic mass is 32.2. The fourth-order valence-corrected chi connectivity index (χ4v) is 5.02. The van der Waals surface area contributed by atoms with Gasteiger partial charge in [0.1, 0.15) is 5.00 Å². The Labute approximate surface area is 136 Å². The van der Waals surface area contributed by atoms with Crippen LogP contribution in [-0.2, 0) is 0 Å². The van der Waals surface area contributed by atoms with E-state index in [1.165, 1.54) is 11.4 Å². The van der Waals surface area contributed by atoms with Gasteiger partial charge in [-0.25, -0.2) is 0 Å². The summed E-state index contributed by atoms with van der Waals surface area (Å²) in [6.07, 6.45) is 3.25. The minimum absolute atomic E-state index is 0.00573. The number of hydrogen-bond acceptors (Lipinski definition) is 5. The van der Waals surface area contributed by atoms with E-state index in [1.807, 2.05) is 20.1 Å². The minimum atomic E-state index is -0.00573. The molecule has 2 heterocycles. The molecular formula is C16H26N2OS2. The van der Waals surface area contributed by atoms with Gasteiger partial charge in [0.25, 0.3) is 0 Å². The normalized spacial score (nSPS) is 22.9. The van der Waals surface area contributed by atoms with Crippen molar-refractivity contribution < 1.29 is 4.79 Å².